The molecule has 2 heterocycles. The zero-order valence-corrected chi connectivity index (χ0v) is 18.4. The van der Waals surface area contributed by atoms with Crippen LogP contribution in [0.25, 0.3) is 21.1 Å². The number of hydrogen-bond donors (Lipinski definition) is 1. The molecule has 0 aliphatic carbocycles. The van der Waals surface area contributed by atoms with Gasteiger partial charge in [-0.2, -0.15) is 0 Å². The van der Waals surface area contributed by atoms with E-state index < -0.39 is 24.5 Å². The van der Waals surface area contributed by atoms with Crippen LogP contribution >= 0.6 is 11.3 Å². The first-order chi connectivity index (χ1) is 14.1. The molecule has 4 aromatic rings. The van der Waals surface area contributed by atoms with Gasteiger partial charge in [0.1, 0.15) is 0 Å². The van der Waals surface area contributed by atoms with E-state index in [0.717, 1.165) is 20.8 Å². The van der Waals surface area contributed by atoms with E-state index in [9.17, 15) is 22.1 Å². The SMILES string of the molecule is C[CH2][Mn](=[O])([c]1cc(CO)c2sccc2c1)[c]1cc(C(F)(F)F)c2c(nnn2C)c1C. The number of aryl methyl sites for hydroxylation is 2. The van der Waals surface area contributed by atoms with Crippen molar-refractivity contribution in [3.05, 3.63) is 46.3 Å². The van der Waals surface area contributed by atoms with Crippen molar-refractivity contribution >= 4 is 41.4 Å². The second-order valence-corrected chi connectivity index (χ2v) is 11.9. The van der Waals surface area contributed by atoms with Gasteiger partial charge in [-0.1, -0.05) is 0 Å². The van der Waals surface area contributed by atoms with Gasteiger partial charge in [-0.05, 0) is 0 Å². The topological polar surface area (TPSA) is 68.0 Å². The monoisotopic (exact) mass is 477 g/mol. The number of fused-ring (bicyclic) bond motifs is 2. The van der Waals surface area contributed by atoms with E-state index in [1.807, 2.05) is 11.4 Å². The third kappa shape index (κ3) is 3.10. The molecule has 2 aromatic heterocycles. The summed E-state index contributed by atoms with van der Waals surface area (Å²) in [5.41, 5.74) is 0.134. The molecule has 160 valence electrons. The summed E-state index contributed by atoms with van der Waals surface area (Å²) in [4.78, 5) is 0. The van der Waals surface area contributed by atoms with Crippen LogP contribution in [0.3, 0.4) is 0 Å². The summed E-state index contributed by atoms with van der Waals surface area (Å²) in [7, 11) is 1.41. The van der Waals surface area contributed by atoms with Gasteiger partial charge >= 0.3 is 177 Å². The summed E-state index contributed by atoms with van der Waals surface area (Å²) >= 11 is -2.37. The predicted molar refractivity (Wildman–Crippen MR) is 106 cm³/mol. The molecule has 1 atom stereocenters. The maximum absolute atomic E-state index is 14.3. The van der Waals surface area contributed by atoms with Crippen LogP contribution in [-0.2, 0) is 36.4 Å². The zero-order chi connectivity index (χ0) is 21.8. The molecule has 2 aromatic carbocycles. The van der Waals surface area contributed by atoms with Crippen LogP contribution in [0.15, 0.2) is 29.6 Å². The predicted octanol–water partition coefficient (Wildman–Crippen LogP) is 3.89. The number of aliphatic hydroxyl groups is 1. The molecule has 0 radical (unpaired) electrons. The van der Waals surface area contributed by atoms with Gasteiger partial charge in [-0.25, -0.2) is 0 Å². The molecule has 0 fully saturated rings. The minimum atomic E-state index is -4.65. The van der Waals surface area contributed by atoms with E-state index >= 15 is 0 Å². The normalized spacial score (nSPS) is 15.6. The molecule has 5 nitrogen and oxygen atoms in total. The van der Waals surface area contributed by atoms with Crippen LogP contribution < -0.4 is 8.92 Å². The van der Waals surface area contributed by atoms with Gasteiger partial charge in [0.15, 0.2) is 0 Å². The summed E-state index contributed by atoms with van der Waals surface area (Å²) in [6, 6.07) is 6.28. The molecule has 1 N–H and O–H groups in total. The van der Waals surface area contributed by atoms with Crippen molar-refractivity contribution in [2.45, 2.75) is 31.9 Å². The van der Waals surface area contributed by atoms with E-state index in [2.05, 4.69) is 10.3 Å². The Morgan fingerprint density at radius 2 is 2.00 bits per heavy atom. The molecule has 1 unspecified atom stereocenters. The van der Waals surface area contributed by atoms with Gasteiger partial charge in [0.2, 0.25) is 0 Å². The number of rotatable bonds is 4. The minimum absolute atomic E-state index is 0.1000. The van der Waals surface area contributed by atoms with Crippen molar-refractivity contribution < 1.29 is 34.9 Å². The van der Waals surface area contributed by atoms with Crippen molar-refractivity contribution in [1.82, 2.24) is 15.0 Å². The van der Waals surface area contributed by atoms with E-state index in [4.69, 9.17) is 0 Å². The molecule has 0 aliphatic rings. The second kappa shape index (κ2) is 7.23. The summed E-state index contributed by atoms with van der Waals surface area (Å²) in [5.74, 6) is 0. The zero-order valence-electron chi connectivity index (χ0n) is 16.4. The first-order valence-electron chi connectivity index (χ1n) is 9.08. The Bertz CT molecular complexity index is 1330. The van der Waals surface area contributed by atoms with Crippen molar-refractivity contribution in [3.8, 4) is 0 Å². The standard InChI is InChI=1S/C9H7F3N3.C9H7OS.C2H5.Mn.O/c1-5-3-4-6(9(10,11)12)8-7(5)13-14-15(8)2;10-6-8-3-1-2-7-4-5-11-9(7)8;1-2;;/h4H,1-2H3;2-5,10H,6H2;1H2,2H3;;. The average molecular weight is 477 g/mol. The fourth-order valence-electron chi connectivity index (χ4n) is 3.69. The van der Waals surface area contributed by atoms with Crippen molar-refractivity contribution in [3.63, 3.8) is 0 Å². The number of nitrogens with zero attached hydrogens (tertiary/aromatic N) is 3. The van der Waals surface area contributed by atoms with Crippen LogP contribution in [0.1, 0.15) is 23.6 Å². The molecule has 0 saturated carbocycles. The van der Waals surface area contributed by atoms with Gasteiger partial charge in [-0.3, -0.25) is 0 Å². The quantitative estimate of drug-likeness (QED) is 0.453. The van der Waals surface area contributed by atoms with E-state index in [0.29, 0.717) is 15.6 Å². The Morgan fingerprint density at radius 1 is 1.27 bits per heavy atom. The second-order valence-electron chi connectivity index (χ2n) is 6.89. The van der Waals surface area contributed by atoms with Crippen LogP contribution in [-0.4, -0.2) is 20.1 Å². The summed E-state index contributed by atoms with van der Waals surface area (Å²) < 4.78 is 58.5. The van der Waals surface area contributed by atoms with Crippen LogP contribution in [0.5, 0.6) is 0 Å². The Morgan fingerprint density at radius 3 is 2.63 bits per heavy atom. The average Bonchev–Trinajstić information content (AvgIpc) is 3.33. The summed E-state index contributed by atoms with van der Waals surface area (Å²) in [6.45, 7) is 3.11. The Labute approximate surface area is 176 Å². The van der Waals surface area contributed by atoms with E-state index in [1.165, 1.54) is 18.4 Å². The molecule has 0 amide bonds. The molecule has 0 bridgehead atoms. The third-order valence-electron chi connectivity index (χ3n) is 5.19. The van der Waals surface area contributed by atoms with Crippen molar-refractivity contribution in [2.75, 3.05) is 0 Å². The Hall–Kier alpha value is -2.13. The molecule has 30 heavy (non-hydrogen) atoms. The fourth-order valence-corrected chi connectivity index (χ4v) is 8.11. The number of thiophene rings is 1. The Balaban J connectivity index is 2.07. The number of hydrogen-bond acceptors (Lipinski definition) is 5. The molecular weight excluding hydrogens is 458 g/mol. The molecule has 4 rings (SSSR count). The van der Waals surface area contributed by atoms with Gasteiger partial charge in [0.05, 0.1) is 0 Å². The van der Waals surface area contributed by atoms with Gasteiger partial charge < -0.3 is 0 Å². The van der Waals surface area contributed by atoms with Crippen LogP contribution in [0.4, 0.5) is 13.2 Å². The number of alkyl halides is 3. The van der Waals surface area contributed by atoms with Crippen molar-refractivity contribution in [2.24, 2.45) is 7.05 Å². The number of benzene rings is 2. The van der Waals surface area contributed by atoms with E-state index in [-0.39, 0.29) is 27.4 Å². The summed E-state index contributed by atoms with van der Waals surface area (Å²) in [5, 5.41) is 20.3. The number of aliphatic hydroxyl groups excluding tert-OH is 1. The molecule has 0 spiro atoms. The number of halogens is 3. The van der Waals surface area contributed by atoms with Crippen LogP contribution in [0.2, 0.25) is 5.32 Å². The molecule has 0 saturated heterocycles. The van der Waals surface area contributed by atoms with E-state index in [1.54, 1.807) is 26.0 Å². The molecule has 0 aliphatic heterocycles. The Kier molecular flexibility index (Phi) is 5.09. The van der Waals surface area contributed by atoms with Crippen LogP contribution in [0, 0.1) is 6.92 Å². The van der Waals surface area contributed by atoms with Gasteiger partial charge in [0, 0.05) is 0 Å². The van der Waals surface area contributed by atoms with Gasteiger partial charge in [-0.15, -0.1) is 0 Å². The third-order valence-corrected chi connectivity index (χ3v) is 10.5. The molecular formula is C20H19F3MnN3O2S. The van der Waals surface area contributed by atoms with Crippen molar-refractivity contribution in [1.29, 1.82) is 0 Å². The first kappa shape index (κ1) is 21.1. The summed E-state index contributed by atoms with van der Waals surface area (Å²) in [6.07, 6.45) is -4.65. The maximum atomic E-state index is 14.3. The van der Waals surface area contributed by atoms with Gasteiger partial charge in [0.25, 0.3) is 0 Å². The number of aromatic nitrogens is 3. The fraction of sp³-hybridized carbons (Fsp3) is 0.300. The molecule has 10 heteroatoms. The first-order valence-corrected chi connectivity index (χ1v) is 12.5.